The van der Waals surface area contributed by atoms with Crippen LogP contribution in [0.5, 0.6) is 0 Å². The van der Waals surface area contributed by atoms with Crippen LogP contribution in [0.3, 0.4) is 0 Å². The number of fused-ring (bicyclic) bond motifs is 1. The van der Waals surface area contributed by atoms with Crippen molar-refractivity contribution >= 4 is 34.3 Å². The number of piperidine rings is 1. The number of carbonyl (C=O) groups excluding carboxylic acids is 1. The maximum atomic E-state index is 12.4. The van der Waals surface area contributed by atoms with Gasteiger partial charge < -0.3 is 20.2 Å². The second-order valence-electron chi connectivity index (χ2n) is 8.40. The van der Waals surface area contributed by atoms with Crippen LogP contribution < -0.4 is 10.2 Å². The van der Waals surface area contributed by atoms with Crippen molar-refractivity contribution in [1.82, 2.24) is 20.3 Å². The minimum absolute atomic E-state index is 0.0395. The van der Waals surface area contributed by atoms with Crippen LogP contribution in [0.1, 0.15) is 18.4 Å². The first-order valence-corrected chi connectivity index (χ1v) is 10.9. The maximum absolute atomic E-state index is 12.4. The van der Waals surface area contributed by atoms with Crippen LogP contribution in [-0.2, 0) is 16.0 Å². The summed E-state index contributed by atoms with van der Waals surface area (Å²) in [5, 5.41) is 20.8. The fourth-order valence-corrected chi connectivity index (χ4v) is 3.78. The van der Waals surface area contributed by atoms with E-state index in [1.54, 1.807) is 0 Å². The number of benzene rings is 2. The largest absolute Gasteiger partial charge is 0.490 e. The Labute approximate surface area is 199 Å². The van der Waals surface area contributed by atoms with Crippen LogP contribution in [-0.4, -0.2) is 76.7 Å². The lowest BCUT2D eigenvalue weighted by Crippen LogP contribution is -2.41. The van der Waals surface area contributed by atoms with Crippen molar-refractivity contribution in [2.45, 2.75) is 31.5 Å². The molecule has 12 heteroatoms. The van der Waals surface area contributed by atoms with Gasteiger partial charge in [0, 0.05) is 30.5 Å². The van der Waals surface area contributed by atoms with Crippen LogP contribution in [0.2, 0.25) is 0 Å². The van der Waals surface area contributed by atoms with Gasteiger partial charge >= 0.3 is 12.1 Å². The van der Waals surface area contributed by atoms with Crippen molar-refractivity contribution in [3.63, 3.8) is 0 Å². The first-order chi connectivity index (χ1) is 16.5. The molecule has 0 unspecified atom stereocenters. The Hall–Kier alpha value is -3.67. The predicted octanol–water partition coefficient (Wildman–Crippen LogP) is 3.30. The molecular weight excluding hydrogens is 465 g/mol. The van der Waals surface area contributed by atoms with E-state index in [1.807, 2.05) is 30.3 Å². The van der Waals surface area contributed by atoms with E-state index in [2.05, 4.69) is 56.8 Å². The molecule has 3 aromatic rings. The molecule has 1 aromatic heterocycles. The molecule has 1 saturated heterocycles. The molecule has 4 rings (SSSR count). The van der Waals surface area contributed by atoms with Crippen molar-refractivity contribution in [2.75, 3.05) is 37.4 Å². The van der Waals surface area contributed by atoms with E-state index >= 15 is 0 Å². The van der Waals surface area contributed by atoms with Crippen LogP contribution in [0.15, 0.2) is 42.5 Å². The topological polar surface area (TPSA) is 114 Å². The average Bonchev–Trinajstić information content (AvgIpc) is 3.27. The maximum Gasteiger partial charge on any atom is 0.490 e. The molecule has 2 heterocycles. The number of amides is 1. The standard InChI is InChI=1S/C21H26N6O.C2HF3O2/c1-26(2)17-9-11-27(12-10-17)18-6-4-16(5-7-18)22-21(28)14-15-3-8-19-20(13-15)24-25-23-19;3-2(4,5)1(6)7/h3-8,13,17H,9-12,14H2,1-2H3,(H,22,28)(H,23,24,25);(H,6,7). The van der Waals surface area contributed by atoms with Gasteiger partial charge in [-0.1, -0.05) is 6.07 Å². The Morgan fingerprint density at radius 1 is 1.09 bits per heavy atom. The number of nitrogens with zero attached hydrogens (tertiary/aromatic N) is 4. The zero-order chi connectivity index (χ0) is 25.6. The number of aromatic nitrogens is 3. The summed E-state index contributed by atoms with van der Waals surface area (Å²) in [6.07, 6.45) is -2.41. The Morgan fingerprint density at radius 3 is 2.26 bits per heavy atom. The number of rotatable bonds is 5. The molecule has 1 aliphatic heterocycles. The summed E-state index contributed by atoms with van der Waals surface area (Å²) in [7, 11) is 4.31. The van der Waals surface area contributed by atoms with Gasteiger partial charge in [-0.25, -0.2) is 4.79 Å². The number of carboxylic acid groups (broad SMARTS) is 1. The number of H-pyrrole nitrogens is 1. The van der Waals surface area contributed by atoms with Gasteiger partial charge in [-0.05, 0) is 68.9 Å². The van der Waals surface area contributed by atoms with Crippen molar-refractivity contribution < 1.29 is 27.9 Å². The molecule has 35 heavy (non-hydrogen) atoms. The Kier molecular flexibility index (Phi) is 8.28. The summed E-state index contributed by atoms with van der Waals surface area (Å²) in [5.41, 5.74) is 4.52. The Balaban J connectivity index is 0.000000429. The van der Waals surface area contributed by atoms with Gasteiger partial charge in [0.2, 0.25) is 5.91 Å². The number of aliphatic carboxylic acids is 1. The molecule has 3 N–H and O–H groups in total. The van der Waals surface area contributed by atoms with Crippen molar-refractivity contribution in [3.05, 3.63) is 48.0 Å². The third-order valence-corrected chi connectivity index (χ3v) is 5.70. The van der Waals surface area contributed by atoms with Gasteiger partial charge in [0.25, 0.3) is 0 Å². The first kappa shape index (κ1) is 25.9. The third kappa shape index (κ3) is 7.41. The molecule has 9 nitrogen and oxygen atoms in total. The van der Waals surface area contributed by atoms with E-state index in [-0.39, 0.29) is 5.91 Å². The number of alkyl halides is 3. The fraction of sp³-hybridized carbons (Fsp3) is 0.391. The van der Waals surface area contributed by atoms with E-state index in [4.69, 9.17) is 9.90 Å². The highest BCUT2D eigenvalue weighted by molar-refractivity contribution is 5.93. The van der Waals surface area contributed by atoms with E-state index in [0.717, 1.165) is 35.4 Å². The Morgan fingerprint density at radius 2 is 1.69 bits per heavy atom. The number of carboxylic acids is 1. The fourth-order valence-electron chi connectivity index (χ4n) is 3.78. The lowest BCUT2D eigenvalue weighted by molar-refractivity contribution is -0.192. The minimum atomic E-state index is -5.08. The number of aromatic amines is 1. The molecule has 0 radical (unpaired) electrons. The molecule has 0 bridgehead atoms. The van der Waals surface area contributed by atoms with Gasteiger partial charge in [0.15, 0.2) is 0 Å². The first-order valence-electron chi connectivity index (χ1n) is 10.9. The smallest absolute Gasteiger partial charge is 0.475 e. The molecule has 1 amide bonds. The van der Waals surface area contributed by atoms with Gasteiger partial charge in [-0.15, -0.1) is 0 Å². The van der Waals surface area contributed by atoms with Crippen molar-refractivity contribution in [1.29, 1.82) is 0 Å². The molecule has 0 spiro atoms. The molecule has 0 atom stereocenters. The SMILES string of the molecule is CN(C)C1CCN(c2ccc(NC(=O)Cc3ccc4n[nH]nc4c3)cc2)CC1.O=C(O)C(F)(F)F. The number of hydrogen-bond donors (Lipinski definition) is 3. The van der Waals surface area contributed by atoms with E-state index in [1.165, 1.54) is 18.5 Å². The summed E-state index contributed by atoms with van der Waals surface area (Å²) in [4.78, 5) is 26.0. The molecule has 188 valence electrons. The number of hydrogen-bond acceptors (Lipinski definition) is 6. The lowest BCUT2D eigenvalue weighted by atomic mass is 10.0. The zero-order valence-electron chi connectivity index (χ0n) is 19.3. The van der Waals surface area contributed by atoms with Crippen LogP contribution >= 0.6 is 0 Å². The summed E-state index contributed by atoms with van der Waals surface area (Å²) >= 11 is 0. The second-order valence-corrected chi connectivity index (χ2v) is 8.40. The molecule has 0 aliphatic carbocycles. The van der Waals surface area contributed by atoms with E-state index in [0.29, 0.717) is 12.5 Å². The predicted molar refractivity (Wildman–Crippen MR) is 125 cm³/mol. The van der Waals surface area contributed by atoms with Gasteiger partial charge in [-0.3, -0.25) is 4.79 Å². The number of anilines is 2. The highest BCUT2D eigenvalue weighted by atomic mass is 19.4. The van der Waals surface area contributed by atoms with E-state index in [9.17, 15) is 18.0 Å². The number of carbonyl (C=O) groups is 2. The highest BCUT2D eigenvalue weighted by Crippen LogP contribution is 2.23. The van der Waals surface area contributed by atoms with Crippen LogP contribution in [0.4, 0.5) is 24.5 Å². The van der Waals surface area contributed by atoms with Gasteiger partial charge in [0.05, 0.1) is 6.42 Å². The summed E-state index contributed by atoms with van der Waals surface area (Å²) < 4.78 is 31.7. The number of halogens is 3. The van der Waals surface area contributed by atoms with Crippen LogP contribution in [0, 0.1) is 0 Å². The average molecular weight is 493 g/mol. The van der Waals surface area contributed by atoms with Gasteiger partial charge in [0.1, 0.15) is 11.0 Å². The quantitative estimate of drug-likeness (QED) is 0.501. The normalized spacial score (nSPS) is 14.5. The van der Waals surface area contributed by atoms with Crippen molar-refractivity contribution in [2.24, 2.45) is 0 Å². The molecule has 1 aliphatic rings. The second kappa shape index (κ2) is 11.2. The highest BCUT2D eigenvalue weighted by Gasteiger charge is 2.38. The minimum Gasteiger partial charge on any atom is -0.475 e. The molecule has 2 aromatic carbocycles. The summed E-state index contributed by atoms with van der Waals surface area (Å²) in [6, 6.07) is 14.5. The summed E-state index contributed by atoms with van der Waals surface area (Å²) in [5.74, 6) is -2.80. The number of nitrogens with one attached hydrogen (secondary N) is 2. The van der Waals surface area contributed by atoms with E-state index < -0.39 is 12.1 Å². The third-order valence-electron chi connectivity index (χ3n) is 5.70. The molecular formula is C23H27F3N6O3. The molecule has 0 saturated carbocycles. The Bertz CT molecular complexity index is 1140. The van der Waals surface area contributed by atoms with Crippen molar-refractivity contribution in [3.8, 4) is 0 Å². The zero-order valence-corrected chi connectivity index (χ0v) is 19.3. The monoisotopic (exact) mass is 492 g/mol. The van der Waals surface area contributed by atoms with Crippen LogP contribution in [0.25, 0.3) is 11.0 Å². The summed E-state index contributed by atoms with van der Waals surface area (Å²) in [6.45, 7) is 2.14. The molecule has 1 fully saturated rings. The van der Waals surface area contributed by atoms with Gasteiger partial charge in [-0.2, -0.15) is 28.6 Å². The lowest BCUT2D eigenvalue weighted by Gasteiger charge is -2.36.